The summed E-state index contributed by atoms with van der Waals surface area (Å²) in [5.74, 6) is -2.47. The van der Waals surface area contributed by atoms with Gasteiger partial charge >= 0.3 is 5.97 Å². The van der Waals surface area contributed by atoms with E-state index in [0.717, 1.165) is 12.1 Å². The summed E-state index contributed by atoms with van der Waals surface area (Å²) in [4.78, 5) is 10.5. The van der Waals surface area contributed by atoms with Crippen molar-refractivity contribution in [2.24, 2.45) is 0 Å². The standard InChI is InChI=1S/C8H3ClFNO2/c9-5-1-2-6(10)7(8(12)13)4(5)3-11/h1-2H,(H,12,13). The Morgan fingerprint density at radius 3 is 2.62 bits per heavy atom. The molecule has 0 spiro atoms. The fraction of sp³-hybridized carbons (Fsp3) is 0. The molecule has 13 heavy (non-hydrogen) atoms. The Morgan fingerprint density at radius 1 is 1.62 bits per heavy atom. The second-order valence-corrected chi connectivity index (χ2v) is 2.60. The molecule has 5 heteroatoms. The van der Waals surface area contributed by atoms with Crippen LogP contribution in [0.1, 0.15) is 15.9 Å². The first-order valence-electron chi connectivity index (χ1n) is 3.19. The maximum atomic E-state index is 12.9. The molecule has 0 saturated carbocycles. The zero-order valence-corrected chi connectivity index (χ0v) is 6.97. The zero-order chi connectivity index (χ0) is 10.0. The Bertz CT molecular complexity index is 411. The molecule has 1 aromatic rings. The quantitative estimate of drug-likeness (QED) is 0.753. The van der Waals surface area contributed by atoms with Gasteiger partial charge in [-0.15, -0.1) is 0 Å². The summed E-state index contributed by atoms with van der Waals surface area (Å²) >= 11 is 5.49. The summed E-state index contributed by atoms with van der Waals surface area (Å²) < 4.78 is 12.9. The lowest BCUT2D eigenvalue weighted by molar-refractivity contribution is 0.0691. The van der Waals surface area contributed by atoms with E-state index in [4.69, 9.17) is 22.0 Å². The highest BCUT2D eigenvalue weighted by molar-refractivity contribution is 6.32. The van der Waals surface area contributed by atoms with Crippen molar-refractivity contribution in [3.8, 4) is 6.07 Å². The third-order valence-electron chi connectivity index (χ3n) is 1.43. The van der Waals surface area contributed by atoms with E-state index in [9.17, 15) is 9.18 Å². The van der Waals surface area contributed by atoms with Crippen molar-refractivity contribution >= 4 is 17.6 Å². The van der Waals surface area contributed by atoms with Crippen LogP contribution in [0, 0.1) is 17.1 Å². The first kappa shape index (κ1) is 9.49. The van der Waals surface area contributed by atoms with Gasteiger partial charge in [0, 0.05) is 0 Å². The molecule has 0 unspecified atom stereocenters. The molecule has 0 aliphatic carbocycles. The Hall–Kier alpha value is -1.60. The fourth-order valence-electron chi connectivity index (χ4n) is 0.870. The first-order chi connectivity index (χ1) is 6.07. The van der Waals surface area contributed by atoms with E-state index in [0.29, 0.717) is 0 Å². The molecule has 66 valence electrons. The zero-order valence-electron chi connectivity index (χ0n) is 6.21. The molecule has 0 radical (unpaired) electrons. The fourth-order valence-corrected chi connectivity index (χ4v) is 1.07. The highest BCUT2D eigenvalue weighted by atomic mass is 35.5. The summed E-state index contributed by atoms with van der Waals surface area (Å²) in [5.41, 5.74) is -1.04. The normalized spacial score (nSPS) is 9.31. The van der Waals surface area contributed by atoms with Gasteiger partial charge in [0.25, 0.3) is 0 Å². The maximum Gasteiger partial charge on any atom is 0.340 e. The maximum absolute atomic E-state index is 12.9. The number of carboxylic acid groups (broad SMARTS) is 1. The molecule has 0 aliphatic heterocycles. The van der Waals surface area contributed by atoms with Crippen LogP contribution in [0.15, 0.2) is 12.1 Å². The molecule has 0 amide bonds. The van der Waals surface area contributed by atoms with Gasteiger partial charge in [-0.2, -0.15) is 5.26 Å². The Labute approximate surface area is 78.0 Å². The van der Waals surface area contributed by atoms with Gasteiger partial charge in [-0.25, -0.2) is 9.18 Å². The molecule has 0 aliphatic rings. The van der Waals surface area contributed by atoms with Crippen molar-refractivity contribution in [3.05, 3.63) is 34.1 Å². The Morgan fingerprint density at radius 2 is 2.23 bits per heavy atom. The van der Waals surface area contributed by atoms with E-state index in [1.807, 2.05) is 0 Å². The molecule has 1 N–H and O–H groups in total. The van der Waals surface area contributed by atoms with Crippen molar-refractivity contribution in [1.29, 1.82) is 5.26 Å². The number of nitriles is 1. The molecule has 0 aromatic heterocycles. The van der Waals surface area contributed by atoms with E-state index in [1.54, 1.807) is 0 Å². The Balaban J connectivity index is 3.55. The molecular weight excluding hydrogens is 197 g/mol. The summed E-state index contributed by atoms with van der Waals surface area (Å²) in [6, 6.07) is 3.58. The molecule has 0 fully saturated rings. The van der Waals surface area contributed by atoms with Gasteiger partial charge in [0.2, 0.25) is 0 Å². The minimum atomic E-state index is -1.50. The monoisotopic (exact) mass is 199 g/mol. The molecule has 1 rings (SSSR count). The van der Waals surface area contributed by atoms with E-state index in [2.05, 4.69) is 0 Å². The van der Waals surface area contributed by atoms with Gasteiger partial charge in [-0.05, 0) is 12.1 Å². The second kappa shape index (κ2) is 3.42. The number of hydrogen-bond acceptors (Lipinski definition) is 2. The van der Waals surface area contributed by atoms with Crippen molar-refractivity contribution in [1.82, 2.24) is 0 Å². The Kier molecular flexibility index (Phi) is 2.49. The number of halogens is 2. The van der Waals surface area contributed by atoms with E-state index in [1.165, 1.54) is 6.07 Å². The van der Waals surface area contributed by atoms with Crippen molar-refractivity contribution in [2.75, 3.05) is 0 Å². The van der Waals surface area contributed by atoms with Gasteiger partial charge < -0.3 is 5.11 Å². The molecular formula is C8H3ClFNO2. The van der Waals surface area contributed by atoms with E-state index >= 15 is 0 Å². The molecule has 1 aromatic carbocycles. The van der Waals surface area contributed by atoms with Crippen LogP contribution in [-0.2, 0) is 0 Å². The predicted octanol–water partition coefficient (Wildman–Crippen LogP) is 2.05. The van der Waals surface area contributed by atoms with Crippen LogP contribution in [0.4, 0.5) is 4.39 Å². The number of carbonyl (C=O) groups is 1. The summed E-state index contributed by atoms with van der Waals surface area (Å²) in [6.45, 7) is 0. The molecule has 3 nitrogen and oxygen atoms in total. The van der Waals surface area contributed by atoms with Crippen LogP contribution >= 0.6 is 11.6 Å². The third kappa shape index (κ3) is 1.60. The third-order valence-corrected chi connectivity index (χ3v) is 1.74. The van der Waals surface area contributed by atoms with Crippen LogP contribution in [-0.4, -0.2) is 11.1 Å². The molecule has 0 bridgehead atoms. The number of carboxylic acids is 1. The predicted molar refractivity (Wildman–Crippen MR) is 43.1 cm³/mol. The SMILES string of the molecule is N#Cc1c(Cl)ccc(F)c1C(=O)O. The highest BCUT2D eigenvalue weighted by Gasteiger charge is 2.18. The lowest BCUT2D eigenvalue weighted by Crippen LogP contribution is -2.04. The average Bonchev–Trinajstić information content (AvgIpc) is 2.07. The van der Waals surface area contributed by atoms with Crippen LogP contribution in [0.3, 0.4) is 0 Å². The molecule has 0 heterocycles. The van der Waals surface area contributed by atoms with Gasteiger partial charge in [0.05, 0.1) is 10.6 Å². The molecule has 0 atom stereocenters. The minimum absolute atomic E-state index is 0.0682. The first-order valence-corrected chi connectivity index (χ1v) is 3.57. The topological polar surface area (TPSA) is 61.1 Å². The van der Waals surface area contributed by atoms with Crippen molar-refractivity contribution in [2.45, 2.75) is 0 Å². The smallest absolute Gasteiger partial charge is 0.340 e. The number of rotatable bonds is 1. The lowest BCUT2D eigenvalue weighted by atomic mass is 10.1. The number of nitrogens with zero attached hydrogens (tertiary/aromatic N) is 1. The summed E-state index contributed by atoms with van der Waals surface area (Å²) in [5, 5.41) is 17.0. The van der Waals surface area contributed by atoms with E-state index in [-0.39, 0.29) is 10.6 Å². The summed E-state index contributed by atoms with van der Waals surface area (Å²) in [6.07, 6.45) is 0. The number of benzene rings is 1. The summed E-state index contributed by atoms with van der Waals surface area (Å²) in [7, 11) is 0. The van der Waals surface area contributed by atoms with Crippen LogP contribution in [0.25, 0.3) is 0 Å². The highest BCUT2D eigenvalue weighted by Crippen LogP contribution is 2.21. The average molecular weight is 200 g/mol. The van der Waals surface area contributed by atoms with E-state index < -0.39 is 17.3 Å². The lowest BCUT2D eigenvalue weighted by Gasteiger charge is -2.00. The van der Waals surface area contributed by atoms with Crippen molar-refractivity contribution in [3.63, 3.8) is 0 Å². The van der Waals surface area contributed by atoms with Gasteiger partial charge in [0.1, 0.15) is 17.4 Å². The second-order valence-electron chi connectivity index (χ2n) is 2.20. The van der Waals surface area contributed by atoms with Gasteiger partial charge in [-0.3, -0.25) is 0 Å². The van der Waals surface area contributed by atoms with Gasteiger partial charge in [-0.1, -0.05) is 11.6 Å². The molecule has 0 saturated heterocycles. The minimum Gasteiger partial charge on any atom is -0.478 e. The van der Waals surface area contributed by atoms with Crippen LogP contribution in [0.5, 0.6) is 0 Å². The van der Waals surface area contributed by atoms with Crippen LogP contribution in [0.2, 0.25) is 5.02 Å². The largest absolute Gasteiger partial charge is 0.478 e. The number of aromatic carboxylic acids is 1. The van der Waals surface area contributed by atoms with Gasteiger partial charge in [0.15, 0.2) is 0 Å². The number of hydrogen-bond donors (Lipinski definition) is 1. The van der Waals surface area contributed by atoms with Crippen LogP contribution < -0.4 is 0 Å². The van der Waals surface area contributed by atoms with Crippen molar-refractivity contribution < 1.29 is 14.3 Å².